The first-order valence-electron chi connectivity index (χ1n) is 7.80. The fraction of sp³-hybridized carbons (Fsp3) is 1.00. The standard InChI is InChI=1S/C14H25N2O5/c17-10-12(19-6-3-15-1-4-18-5-2-15)7-16-8-13-14(9-16)21-11-20-13/h12-14H,1-11H2. The van der Waals surface area contributed by atoms with Crippen LogP contribution in [0.25, 0.3) is 0 Å². The fourth-order valence-corrected chi connectivity index (χ4v) is 3.12. The molecule has 0 amide bonds. The van der Waals surface area contributed by atoms with E-state index >= 15 is 0 Å². The van der Waals surface area contributed by atoms with Crippen LogP contribution in [0.15, 0.2) is 0 Å². The Labute approximate surface area is 125 Å². The van der Waals surface area contributed by atoms with Gasteiger partial charge in [0.1, 0.15) is 25.6 Å². The highest BCUT2D eigenvalue weighted by atomic mass is 16.7. The van der Waals surface area contributed by atoms with Crippen molar-refractivity contribution in [2.75, 3.05) is 72.5 Å². The second-order valence-electron chi connectivity index (χ2n) is 5.86. The average molecular weight is 301 g/mol. The molecule has 21 heavy (non-hydrogen) atoms. The van der Waals surface area contributed by atoms with Crippen molar-refractivity contribution in [2.24, 2.45) is 0 Å². The zero-order chi connectivity index (χ0) is 14.5. The van der Waals surface area contributed by atoms with Crippen LogP contribution in [0.1, 0.15) is 0 Å². The molecule has 1 radical (unpaired) electrons. The van der Waals surface area contributed by atoms with Crippen molar-refractivity contribution >= 4 is 0 Å². The topological polar surface area (TPSA) is 63.3 Å². The quantitative estimate of drug-likeness (QED) is 0.613. The van der Waals surface area contributed by atoms with Crippen LogP contribution in [0.3, 0.4) is 0 Å². The van der Waals surface area contributed by atoms with Crippen molar-refractivity contribution in [3.63, 3.8) is 0 Å². The molecule has 3 aliphatic rings. The lowest BCUT2D eigenvalue weighted by Gasteiger charge is -2.28. The summed E-state index contributed by atoms with van der Waals surface area (Å²) in [6.45, 7) is 7.54. The molecule has 0 N–H and O–H groups in total. The number of morpholine rings is 1. The smallest absolute Gasteiger partial charge is 0.147 e. The molecule has 0 aromatic carbocycles. The highest BCUT2D eigenvalue weighted by molar-refractivity contribution is 4.89. The molecule has 0 bridgehead atoms. The molecule has 0 aliphatic carbocycles. The first kappa shape index (κ1) is 15.6. The van der Waals surface area contributed by atoms with Gasteiger partial charge >= 0.3 is 0 Å². The molecule has 3 saturated heterocycles. The van der Waals surface area contributed by atoms with Crippen molar-refractivity contribution in [3.8, 4) is 0 Å². The van der Waals surface area contributed by atoms with E-state index < -0.39 is 0 Å². The maximum atomic E-state index is 11.3. The van der Waals surface area contributed by atoms with E-state index in [1.54, 1.807) is 0 Å². The van der Waals surface area contributed by atoms with Crippen molar-refractivity contribution in [1.29, 1.82) is 0 Å². The highest BCUT2D eigenvalue weighted by Gasteiger charge is 2.39. The van der Waals surface area contributed by atoms with Crippen LogP contribution in [0.4, 0.5) is 0 Å². The summed E-state index contributed by atoms with van der Waals surface area (Å²) in [6.07, 6.45) is 0.0983. The van der Waals surface area contributed by atoms with Gasteiger partial charge in [-0.05, 0) is 0 Å². The minimum absolute atomic E-state index is 0.172. The van der Waals surface area contributed by atoms with E-state index in [0.717, 1.165) is 45.9 Å². The van der Waals surface area contributed by atoms with Gasteiger partial charge in [-0.15, -0.1) is 0 Å². The molecule has 3 fully saturated rings. The summed E-state index contributed by atoms with van der Waals surface area (Å²) in [5.74, 6) is 0. The molecule has 0 aromatic heterocycles. The largest absolute Gasteiger partial charge is 0.379 e. The third-order valence-electron chi connectivity index (χ3n) is 4.37. The molecule has 3 aliphatic heterocycles. The van der Waals surface area contributed by atoms with Crippen molar-refractivity contribution in [1.82, 2.24) is 9.80 Å². The summed E-state index contributed by atoms with van der Waals surface area (Å²) < 4.78 is 22.0. The molecule has 0 saturated carbocycles. The Morgan fingerprint density at radius 2 is 1.81 bits per heavy atom. The van der Waals surface area contributed by atoms with Crippen LogP contribution in [0.5, 0.6) is 0 Å². The average Bonchev–Trinajstić information content (AvgIpc) is 3.08. The summed E-state index contributed by atoms with van der Waals surface area (Å²) in [4.78, 5) is 4.53. The molecule has 7 heteroatoms. The third-order valence-corrected chi connectivity index (χ3v) is 4.37. The number of rotatable bonds is 7. The van der Waals surface area contributed by atoms with E-state index in [1.807, 2.05) is 0 Å². The zero-order valence-electron chi connectivity index (χ0n) is 12.4. The van der Waals surface area contributed by atoms with Crippen LogP contribution in [-0.2, 0) is 24.1 Å². The van der Waals surface area contributed by atoms with E-state index in [0.29, 0.717) is 19.9 Å². The molecule has 121 valence electrons. The van der Waals surface area contributed by atoms with Crippen molar-refractivity contribution in [2.45, 2.75) is 18.3 Å². The van der Waals surface area contributed by atoms with Gasteiger partial charge in [-0.2, -0.15) is 0 Å². The van der Waals surface area contributed by atoms with Crippen LogP contribution in [0.2, 0.25) is 0 Å². The van der Waals surface area contributed by atoms with E-state index in [1.165, 1.54) is 0 Å². The number of nitrogens with zero attached hydrogens (tertiary/aromatic N) is 2. The normalized spacial score (nSPS) is 32.4. The van der Waals surface area contributed by atoms with Gasteiger partial charge in [0.2, 0.25) is 0 Å². The predicted octanol–water partition coefficient (Wildman–Crippen LogP) is -0.809. The lowest BCUT2D eigenvalue weighted by Crippen LogP contribution is -2.40. The third kappa shape index (κ3) is 4.35. The summed E-state index contributed by atoms with van der Waals surface area (Å²) in [5.41, 5.74) is 0. The molecule has 3 atom stereocenters. The first-order chi connectivity index (χ1) is 10.3. The summed E-state index contributed by atoms with van der Waals surface area (Å²) >= 11 is 0. The molecular formula is C14H25N2O5. The van der Waals surface area contributed by atoms with Crippen LogP contribution in [-0.4, -0.2) is 101 Å². The molecular weight excluding hydrogens is 276 g/mol. The molecule has 0 spiro atoms. The Kier molecular flexibility index (Phi) is 5.82. The summed E-state index contributed by atoms with van der Waals surface area (Å²) in [6, 6.07) is 0. The highest BCUT2D eigenvalue weighted by Crippen LogP contribution is 2.22. The van der Waals surface area contributed by atoms with E-state index in [4.69, 9.17) is 18.9 Å². The molecule has 3 unspecified atom stereocenters. The van der Waals surface area contributed by atoms with Gasteiger partial charge in [-0.3, -0.25) is 9.80 Å². The van der Waals surface area contributed by atoms with Gasteiger partial charge in [-0.25, -0.2) is 5.11 Å². The summed E-state index contributed by atoms with van der Waals surface area (Å²) in [7, 11) is 0. The Balaban J connectivity index is 1.33. The predicted molar refractivity (Wildman–Crippen MR) is 73.6 cm³/mol. The zero-order valence-corrected chi connectivity index (χ0v) is 12.4. The minimum Gasteiger partial charge on any atom is -0.379 e. The van der Waals surface area contributed by atoms with Crippen LogP contribution in [0, 0.1) is 0 Å². The number of ether oxygens (including phenoxy) is 4. The van der Waals surface area contributed by atoms with Gasteiger partial charge in [0.05, 0.1) is 25.9 Å². The van der Waals surface area contributed by atoms with E-state index in [-0.39, 0.29) is 24.9 Å². The van der Waals surface area contributed by atoms with Gasteiger partial charge in [-0.1, -0.05) is 0 Å². The number of hydrogen-bond acceptors (Lipinski definition) is 6. The van der Waals surface area contributed by atoms with E-state index in [9.17, 15) is 5.11 Å². The minimum atomic E-state index is -0.245. The Morgan fingerprint density at radius 3 is 2.48 bits per heavy atom. The Morgan fingerprint density at radius 1 is 1.10 bits per heavy atom. The summed E-state index contributed by atoms with van der Waals surface area (Å²) in [5, 5.41) is 11.3. The monoisotopic (exact) mass is 301 g/mol. The molecule has 3 heterocycles. The molecule has 0 aromatic rings. The number of hydrogen-bond donors (Lipinski definition) is 0. The van der Waals surface area contributed by atoms with Gasteiger partial charge in [0.15, 0.2) is 0 Å². The molecule has 3 rings (SSSR count). The van der Waals surface area contributed by atoms with Crippen molar-refractivity contribution < 1.29 is 24.1 Å². The lowest BCUT2D eigenvalue weighted by atomic mass is 10.3. The maximum absolute atomic E-state index is 11.3. The second-order valence-corrected chi connectivity index (χ2v) is 5.86. The van der Waals surface area contributed by atoms with Gasteiger partial charge in [0, 0.05) is 39.3 Å². The van der Waals surface area contributed by atoms with E-state index in [2.05, 4.69) is 9.80 Å². The number of fused-ring (bicyclic) bond motifs is 1. The second kappa shape index (κ2) is 7.82. The number of likely N-dealkylation sites (tertiary alicyclic amines) is 1. The van der Waals surface area contributed by atoms with Crippen LogP contribution < -0.4 is 0 Å². The maximum Gasteiger partial charge on any atom is 0.147 e. The lowest BCUT2D eigenvalue weighted by molar-refractivity contribution is -0.0460. The van der Waals surface area contributed by atoms with Gasteiger partial charge < -0.3 is 18.9 Å². The van der Waals surface area contributed by atoms with Crippen LogP contribution >= 0.6 is 0 Å². The fourth-order valence-electron chi connectivity index (χ4n) is 3.12. The van der Waals surface area contributed by atoms with Crippen molar-refractivity contribution in [3.05, 3.63) is 0 Å². The Hall–Kier alpha value is -0.280. The first-order valence-corrected chi connectivity index (χ1v) is 7.80. The SMILES string of the molecule is [O]CC(CN1CC2OCOC2C1)OCCN1CCOCC1. The molecule has 7 nitrogen and oxygen atoms in total. The van der Waals surface area contributed by atoms with Gasteiger partial charge in [0.25, 0.3) is 0 Å². The Bertz CT molecular complexity index is 302.